The van der Waals surface area contributed by atoms with E-state index in [2.05, 4.69) is 43.9 Å². The van der Waals surface area contributed by atoms with Crippen LogP contribution in [-0.4, -0.2) is 64.0 Å². The largest absolute Gasteiger partial charge is 0.338 e. The number of carbonyl (C=O) groups is 1. The number of thiazole rings is 1. The van der Waals surface area contributed by atoms with E-state index in [0.29, 0.717) is 17.1 Å². The van der Waals surface area contributed by atoms with E-state index in [4.69, 9.17) is 15.0 Å². The fourth-order valence-electron chi connectivity index (χ4n) is 3.89. The van der Waals surface area contributed by atoms with Crippen molar-refractivity contribution in [3.05, 3.63) is 48.0 Å². The molecule has 1 aliphatic carbocycles. The number of thiophene rings is 1. The molecule has 3 aromatic heterocycles. The molecule has 0 atom stereocenters. The van der Waals surface area contributed by atoms with Gasteiger partial charge in [-0.15, -0.1) is 11.3 Å². The fraction of sp³-hybridized carbons (Fsp3) is 0.320. The topological polar surface area (TPSA) is 99.2 Å². The van der Waals surface area contributed by atoms with Gasteiger partial charge in [0.15, 0.2) is 10.3 Å². The van der Waals surface area contributed by atoms with Crippen molar-refractivity contribution in [2.45, 2.75) is 22.9 Å². The lowest BCUT2D eigenvalue weighted by atomic mass is 10.3. The van der Waals surface area contributed by atoms with Crippen LogP contribution in [0, 0.1) is 5.92 Å². The van der Waals surface area contributed by atoms with Crippen LogP contribution in [0.15, 0.2) is 58.0 Å². The van der Waals surface area contributed by atoms with Crippen LogP contribution in [0.2, 0.25) is 0 Å². The third-order valence-electron chi connectivity index (χ3n) is 6.14. The predicted molar refractivity (Wildman–Crippen MR) is 150 cm³/mol. The molecule has 2 aliphatic rings. The van der Waals surface area contributed by atoms with Gasteiger partial charge in [-0.1, -0.05) is 23.5 Å². The van der Waals surface area contributed by atoms with Gasteiger partial charge in [-0.25, -0.2) is 4.98 Å². The Morgan fingerprint density at radius 3 is 2.70 bits per heavy atom. The summed E-state index contributed by atoms with van der Waals surface area (Å²) in [7, 11) is 2.13. The Morgan fingerprint density at radius 1 is 1.05 bits per heavy atom. The maximum Gasteiger partial charge on any atom is 0.234 e. The molecule has 4 aromatic rings. The highest BCUT2D eigenvalue weighted by Gasteiger charge is 2.29. The van der Waals surface area contributed by atoms with Gasteiger partial charge < -0.3 is 15.1 Å². The number of piperazine rings is 1. The summed E-state index contributed by atoms with van der Waals surface area (Å²) in [6, 6.07) is 11.9. The van der Waals surface area contributed by atoms with Crippen molar-refractivity contribution < 1.29 is 4.79 Å². The molecule has 2 N–H and O–H groups in total. The van der Waals surface area contributed by atoms with Gasteiger partial charge in [-0.2, -0.15) is 15.0 Å². The molecule has 6 rings (SSSR count). The fourth-order valence-corrected chi connectivity index (χ4v) is 6.32. The molecule has 1 saturated carbocycles. The maximum absolute atomic E-state index is 12.2. The number of hydrogen-bond acceptors (Lipinski definition) is 11. The number of likely N-dealkylation sites (N-methyl/N-ethyl adjacent to an activating group) is 1. The van der Waals surface area contributed by atoms with Crippen LogP contribution < -0.4 is 15.5 Å². The summed E-state index contributed by atoms with van der Waals surface area (Å²) >= 11 is 4.72. The summed E-state index contributed by atoms with van der Waals surface area (Å²) in [5.74, 6) is 1.38. The van der Waals surface area contributed by atoms with Crippen LogP contribution in [-0.2, 0) is 4.79 Å². The monoisotopic (exact) mass is 550 g/mol. The van der Waals surface area contributed by atoms with Crippen LogP contribution in [0.3, 0.4) is 0 Å². The highest BCUT2D eigenvalue weighted by atomic mass is 32.2. The van der Waals surface area contributed by atoms with E-state index in [-0.39, 0.29) is 11.8 Å². The Morgan fingerprint density at radius 2 is 1.92 bits per heavy atom. The molecule has 1 aliphatic heterocycles. The van der Waals surface area contributed by atoms with Crippen LogP contribution in [0.4, 0.5) is 22.7 Å². The van der Waals surface area contributed by atoms with Gasteiger partial charge in [0.25, 0.3) is 0 Å². The van der Waals surface area contributed by atoms with E-state index < -0.39 is 0 Å². The SMILES string of the molecule is CN1CCN(c2nc(Nc3ncc(-c4cccs4)s3)nc(Sc3cccc(NC(=O)C4CC4)c3)n2)CC1. The molecular weight excluding hydrogens is 525 g/mol. The molecule has 9 nitrogen and oxygen atoms in total. The summed E-state index contributed by atoms with van der Waals surface area (Å²) in [6.45, 7) is 3.62. The second kappa shape index (κ2) is 10.7. The number of rotatable bonds is 8. The maximum atomic E-state index is 12.2. The standard InChI is InChI=1S/C25H26N8OS3/c1-32-9-11-33(12-10-32)23-28-22(29-24-26-15-20(37-24)19-6-3-13-35-19)30-25(31-23)36-18-5-2-4-17(14-18)27-21(34)16-7-8-16/h2-6,13-16H,7-12H2,1H3,(H,27,34)(H,26,28,29,30,31). The first kappa shape index (κ1) is 24.3. The smallest absolute Gasteiger partial charge is 0.234 e. The molecule has 2 fully saturated rings. The van der Waals surface area contributed by atoms with Crippen molar-refractivity contribution in [1.82, 2.24) is 24.8 Å². The van der Waals surface area contributed by atoms with Crippen molar-refractivity contribution in [2.24, 2.45) is 5.92 Å². The molecular formula is C25H26N8OS3. The highest BCUT2D eigenvalue weighted by molar-refractivity contribution is 7.99. The third kappa shape index (κ3) is 6.09. The summed E-state index contributed by atoms with van der Waals surface area (Å²) < 4.78 is 0. The van der Waals surface area contributed by atoms with Gasteiger partial charge in [0.2, 0.25) is 17.8 Å². The molecule has 12 heteroatoms. The normalized spacial score (nSPS) is 16.1. The lowest BCUT2D eigenvalue weighted by Crippen LogP contribution is -2.45. The van der Waals surface area contributed by atoms with Crippen molar-refractivity contribution in [3.63, 3.8) is 0 Å². The first-order chi connectivity index (χ1) is 18.1. The van der Waals surface area contributed by atoms with E-state index in [1.807, 2.05) is 36.5 Å². The van der Waals surface area contributed by atoms with Gasteiger partial charge in [-0.3, -0.25) is 10.1 Å². The van der Waals surface area contributed by atoms with Crippen molar-refractivity contribution in [2.75, 3.05) is 48.8 Å². The van der Waals surface area contributed by atoms with E-state index in [1.54, 1.807) is 22.7 Å². The Kier molecular flexibility index (Phi) is 7.05. The van der Waals surface area contributed by atoms with E-state index >= 15 is 0 Å². The molecule has 1 saturated heterocycles. The number of aromatic nitrogens is 4. The van der Waals surface area contributed by atoms with E-state index in [9.17, 15) is 4.79 Å². The van der Waals surface area contributed by atoms with Gasteiger partial charge in [-0.05, 0) is 61.3 Å². The number of nitrogens with zero attached hydrogens (tertiary/aromatic N) is 6. The van der Waals surface area contributed by atoms with Crippen molar-refractivity contribution in [1.29, 1.82) is 0 Å². The van der Waals surface area contributed by atoms with Crippen LogP contribution >= 0.6 is 34.4 Å². The number of amides is 1. The quantitative estimate of drug-likeness (QED) is 0.312. The molecule has 0 radical (unpaired) electrons. The van der Waals surface area contributed by atoms with E-state index in [0.717, 1.165) is 59.6 Å². The molecule has 0 spiro atoms. The molecule has 1 amide bonds. The first-order valence-electron chi connectivity index (χ1n) is 12.1. The zero-order chi connectivity index (χ0) is 25.2. The number of carbonyl (C=O) groups excluding carboxylic acids is 1. The third-order valence-corrected chi connectivity index (χ3v) is 8.97. The Bertz CT molecular complexity index is 1380. The Labute approximate surface area is 227 Å². The highest BCUT2D eigenvalue weighted by Crippen LogP contribution is 2.34. The number of nitrogens with one attached hydrogen (secondary N) is 2. The molecule has 1 aromatic carbocycles. The van der Waals surface area contributed by atoms with Crippen LogP contribution in [0.5, 0.6) is 0 Å². The lowest BCUT2D eigenvalue weighted by molar-refractivity contribution is -0.117. The van der Waals surface area contributed by atoms with E-state index in [1.165, 1.54) is 16.6 Å². The summed E-state index contributed by atoms with van der Waals surface area (Å²) in [5, 5.41) is 9.71. The molecule has 190 valence electrons. The molecule has 0 unspecified atom stereocenters. The average Bonchev–Trinajstić information content (AvgIpc) is 3.40. The van der Waals surface area contributed by atoms with Gasteiger partial charge in [0.1, 0.15) is 0 Å². The number of anilines is 4. The first-order valence-corrected chi connectivity index (χ1v) is 14.7. The van der Waals surface area contributed by atoms with Gasteiger partial charge in [0.05, 0.1) is 4.88 Å². The number of hydrogen-bond donors (Lipinski definition) is 2. The zero-order valence-electron chi connectivity index (χ0n) is 20.3. The summed E-state index contributed by atoms with van der Waals surface area (Å²) in [6.07, 6.45) is 3.83. The number of benzene rings is 1. The minimum absolute atomic E-state index is 0.0940. The zero-order valence-corrected chi connectivity index (χ0v) is 22.7. The molecule has 4 heterocycles. The van der Waals surface area contributed by atoms with Gasteiger partial charge in [0, 0.05) is 53.8 Å². The van der Waals surface area contributed by atoms with Crippen molar-refractivity contribution >= 4 is 63.1 Å². The van der Waals surface area contributed by atoms with Gasteiger partial charge >= 0.3 is 0 Å². The summed E-state index contributed by atoms with van der Waals surface area (Å²) in [5.41, 5.74) is 0.789. The van der Waals surface area contributed by atoms with Crippen LogP contribution in [0.25, 0.3) is 9.75 Å². The Balaban J connectivity index is 1.25. The van der Waals surface area contributed by atoms with Crippen LogP contribution in [0.1, 0.15) is 12.8 Å². The summed E-state index contributed by atoms with van der Waals surface area (Å²) in [4.78, 5) is 38.7. The molecule has 0 bridgehead atoms. The average molecular weight is 551 g/mol. The molecule has 37 heavy (non-hydrogen) atoms. The Hall–Kier alpha value is -3.06. The van der Waals surface area contributed by atoms with Crippen molar-refractivity contribution in [3.8, 4) is 9.75 Å². The minimum atomic E-state index is 0.0940. The lowest BCUT2D eigenvalue weighted by Gasteiger charge is -2.32. The second-order valence-electron chi connectivity index (χ2n) is 9.06. The minimum Gasteiger partial charge on any atom is -0.338 e. The predicted octanol–water partition coefficient (Wildman–Crippen LogP) is 5.05. The second-order valence-corrected chi connectivity index (χ2v) is 12.1.